The first-order chi connectivity index (χ1) is 10.1. The first-order valence-corrected chi connectivity index (χ1v) is 7.67. The maximum absolute atomic E-state index is 10.7. The molecular formula is C19H25NO. The first kappa shape index (κ1) is 15.6. The van der Waals surface area contributed by atoms with Gasteiger partial charge in [-0.15, -0.1) is 0 Å². The molecule has 0 saturated heterocycles. The molecule has 2 heteroatoms. The second kappa shape index (κ2) is 7.28. The molecule has 0 amide bonds. The molecule has 0 fully saturated rings. The largest absolute Gasteiger partial charge is 0.507 e. The van der Waals surface area contributed by atoms with E-state index in [0.29, 0.717) is 5.75 Å². The first-order valence-electron chi connectivity index (χ1n) is 7.67. The Labute approximate surface area is 128 Å². The second-order valence-electron chi connectivity index (χ2n) is 5.74. The summed E-state index contributed by atoms with van der Waals surface area (Å²) >= 11 is 0. The number of benzene rings is 2. The lowest BCUT2D eigenvalue weighted by Gasteiger charge is -2.26. The monoisotopic (exact) mass is 283 g/mol. The average Bonchev–Trinajstić information content (AvgIpc) is 2.49. The van der Waals surface area contributed by atoms with Crippen LogP contribution in [0.1, 0.15) is 42.5 Å². The predicted octanol–water partition coefficient (Wildman–Crippen LogP) is 4.39. The van der Waals surface area contributed by atoms with Gasteiger partial charge in [0.15, 0.2) is 0 Å². The van der Waals surface area contributed by atoms with Gasteiger partial charge < -0.3 is 5.11 Å². The van der Waals surface area contributed by atoms with Crippen molar-refractivity contribution in [3.63, 3.8) is 0 Å². The third kappa shape index (κ3) is 3.64. The fraction of sp³-hybridized carbons (Fsp3) is 0.368. The molecule has 1 atom stereocenters. The van der Waals surface area contributed by atoms with Gasteiger partial charge in [0.2, 0.25) is 0 Å². The molecule has 0 bridgehead atoms. The molecule has 0 spiro atoms. The fourth-order valence-electron chi connectivity index (χ4n) is 2.79. The number of aromatic hydroxyl groups is 1. The molecule has 1 unspecified atom stereocenters. The molecule has 2 rings (SSSR count). The highest BCUT2D eigenvalue weighted by atomic mass is 16.3. The lowest BCUT2D eigenvalue weighted by atomic mass is 9.94. The van der Waals surface area contributed by atoms with Crippen LogP contribution in [-0.2, 0) is 6.42 Å². The number of hydrogen-bond donors (Lipinski definition) is 1. The Kier molecular flexibility index (Phi) is 5.40. The maximum atomic E-state index is 10.7. The van der Waals surface area contributed by atoms with E-state index in [0.717, 1.165) is 30.4 Å². The van der Waals surface area contributed by atoms with Crippen LogP contribution in [0, 0.1) is 0 Å². The topological polar surface area (TPSA) is 23.5 Å². The summed E-state index contributed by atoms with van der Waals surface area (Å²) in [5.74, 6) is 0.452. The van der Waals surface area contributed by atoms with Crippen LogP contribution in [-0.4, -0.2) is 24.1 Å². The number of aryl methyl sites for hydroxylation is 1. The van der Waals surface area contributed by atoms with Crippen molar-refractivity contribution in [3.05, 3.63) is 65.2 Å². The van der Waals surface area contributed by atoms with E-state index in [4.69, 9.17) is 0 Å². The molecule has 112 valence electrons. The Hall–Kier alpha value is -1.80. The van der Waals surface area contributed by atoms with Gasteiger partial charge in [0.1, 0.15) is 5.75 Å². The van der Waals surface area contributed by atoms with Crippen molar-refractivity contribution in [2.24, 2.45) is 0 Å². The zero-order valence-corrected chi connectivity index (χ0v) is 13.2. The van der Waals surface area contributed by atoms with Gasteiger partial charge in [0.05, 0.1) is 6.04 Å². The van der Waals surface area contributed by atoms with E-state index >= 15 is 0 Å². The number of phenolic OH excluding ortho intramolecular Hbond substituents is 1. The van der Waals surface area contributed by atoms with Crippen molar-refractivity contribution in [1.82, 2.24) is 4.90 Å². The Morgan fingerprint density at radius 3 is 2.33 bits per heavy atom. The maximum Gasteiger partial charge on any atom is 0.123 e. The third-order valence-electron chi connectivity index (χ3n) is 3.88. The smallest absolute Gasteiger partial charge is 0.123 e. The molecule has 0 aromatic heterocycles. The predicted molar refractivity (Wildman–Crippen MR) is 88.7 cm³/mol. The normalized spacial score (nSPS) is 12.6. The molecule has 1 N–H and O–H groups in total. The second-order valence-corrected chi connectivity index (χ2v) is 5.74. The standard InChI is InChI=1S/C19H25NO/c1-4-5-10-16-13-9-14-17(19(16)21)18(20(2)3)15-11-7-6-8-12-15/h6-9,11-14,18,21H,4-5,10H2,1-3H3. The van der Waals surface area contributed by atoms with Gasteiger partial charge in [-0.3, -0.25) is 4.90 Å². The minimum Gasteiger partial charge on any atom is -0.507 e. The molecule has 0 radical (unpaired) electrons. The Morgan fingerprint density at radius 2 is 1.71 bits per heavy atom. The zero-order valence-electron chi connectivity index (χ0n) is 13.2. The summed E-state index contributed by atoms with van der Waals surface area (Å²) in [6.45, 7) is 2.17. The van der Waals surface area contributed by atoms with Crippen LogP contribution < -0.4 is 0 Å². The summed E-state index contributed by atoms with van der Waals surface area (Å²) in [6.07, 6.45) is 3.18. The lowest BCUT2D eigenvalue weighted by molar-refractivity contribution is 0.330. The highest BCUT2D eigenvalue weighted by Crippen LogP contribution is 2.35. The van der Waals surface area contributed by atoms with Gasteiger partial charge >= 0.3 is 0 Å². The molecule has 0 aliphatic heterocycles. The lowest BCUT2D eigenvalue weighted by Crippen LogP contribution is -2.21. The quantitative estimate of drug-likeness (QED) is 0.850. The summed E-state index contributed by atoms with van der Waals surface area (Å²) in [4.78, 5) is 2.15. The van der Waals surface area contributed by atoms with E-state index in [1.807, 2.05) is 30.3 Å². The highest BCUT2D eigenvalue weighted by molar-refractivity contribution is 5.46. The number of nitrogens with zero attached hydrogens (tertiary/aromatic N) is 1. The van der Waals surface area contributed by atoms with Crippen molar-refractivity contribution >= 4 is 0 Å². The number of hydrogen-bond acceptors (Lipinski definition) is 2. The van der Waals surface area contributed by atoms with Gasteiger partial charge in [0.25, 0.3) is 0 Å². The van der Waals surface area contributed by atoms with E-state index in [-0.39, 0.29) is 6.04 Å². The van der Waals surface area contributed by atoms with E-state index in [1.165, 1.54) is 5.56 Å². The third-order valence-corrected chi connectivity index (χ3v) is 3.88. The van der Waals surface area contributed by atoms with E-state index in [9.17, 15) is 5.11 Å². The van der Waals surface area contributed by atoms with Gasteiger partial charge in [-0.05, 0) is 38.1 Å². The van der Waals surface area contributed by atoms with Gasteiger partial charge in [0, 0.05) is 5.56 Å². The molecule has 0 aliphatic rings. The SMILES string of the molecule is CCCCc1cccc(C(c2ccccc2)N(C)C)c1O. The summed E-state index contributed by atoms with van der Waals surface area (Å²) in [7, 11) is 4.10. The van der Waals surface area contributed by atoms with Crippen LogP contribution in [0.25, 0.3) is 0 Å². The molecule has 0 saturated carbocycles. The number of unbranched alkanes of at least 4 members (excludes halogenated alkanes) is 1. The fourth-order valence-corrected chi connectivity index (χ4v) is 2.79. The zero-order chi connectivity index (χ0) is 15.2. The molecule has 2 nitrogen and oxygen atoms in total. The van der Waals surface area contributed by atoms with Crippen molar-refractivity contribution in [1.29, 1.82) is 0 Å². The minimum atomic E-state index is 0.0766. The van der Waals surface area contributed by atoms with Gasteiger partial charge in [-0.1, -0.05) is 61.9 Å². The number of rotatable bonds is 6. The van der Waals surface area contributed by atoms with Crippen molar-refractivity contribution in [2.45, 2.75) is 32.2 Å². The van der Waals surface area contributed by atoms with E-state index in [2.05, 4.69) is 44.1 Å². The molecular weight excluding hydrogens is 258 g/mol. The van der Waals surface area contributed by atoms with Crippen LogP contribution in [0.2, 0.25) is 0 Å². The number of phenols is 1. The Morgan fingerprint density at radius 1 is 1.00 bits per heavy atom. The van der Waals surface area contributed by atoms with Gasteiger partial charge in [-0.25, -0.2) is 0 Å². The van der Waals surface area contributed by atoms with Crippen LogP contribution >= 0.6 is 0 Å². The van der Waals surface area contributed by atoms with Crippen molar-refractivity contribution in [2.75, 3.05) is 14.1 Å². The summed E-state index contributed by atoms with van der Waals surface area (Å²) in [5, 5.41) is 10.7. The summed E-state index contributed by atoms with van der Waals surface area (Å²) in [5.41, 5.74) is 3.24. The Balaban J connectivity index is 2.42. The minimum absolute atomic E-state index is 0.0766. The van der Waals surface area contributed by atoms with Crippen LogP contribution in [0.3, 0.4) is 0 Å². The van der Waals surface area contributed by atoms with Crippen LogP contribution in [0.4, 0.5) is 0 Å². The molecule has 0 aliphatic carbocycles. The average molecular weight is 283 g/mol. The molecule has 0 heterocycles. The van der Waals surface area contributed by atoms with Crippen molar-refractivity contribution in [3.8, 4) is 5.75 Å². The highest BCUT2D eigenvalue weighted by Gasteiger charge is 2.20. The Bertz CT molecular complexity index is 563. The summed E-state index contributed by atoms with van der Waals surface area (Å²) < 4.78 is 0. The molecule has 2 aromatic carbocycles. The molecule has 21 heavy (non-hydrogen) atoms. The van der Waals surface area contributed by atoms with Crippen molar-refractivity contribution < 1.29 is 5.11 Å². The molecule has 2 aromatic rings. The van der Waals surface area contributed by atoms with Gasteiger partial charge in [-0.2, -0.15) is 0 Å². The van der Waals surface area contributed by atoms with Crippen LogP contribution in [0.5, 0.6) is 5.75 Å². The van der Waals surface area contributed by atoms with E-state index < -0.39 is 0 Å². The van der Waals surface area contributed by atoms with E-state index in [1.54, 1.807) is 0 Å². The van der Waals surface area contributed by atoms with Crippen LogP contribution in [0.15, 0.2) is 48.5 Å². The number of para-hydroxylation sites is 1. The summed E-state index contributed by atoms with van der Waals surface area (Å²) in [6, 6.07) is 16.5.